The zero-order chi connectivity index (χ0) is 32.0. The van der Waals surface area contributed by atoms with Gasteiger partial charge in [0.15, 0.2) is 0 Å². The molecule has 0 radical (unpaired) electrons. The van der Waals surface area contributed by atoms with E-state index in [-0.39, 0.29) is 18.2 Å². The molecule has 1 aliphatic carbocycles. The van der Waals surface area contributed by atoms with Gasteiger partial charge in [-0.2, -0.15) is 0 Å². The van der Waals surface area contributed by atoms with Crippen molar-refractivity contribution in [1.82, 2.24) is 4.90 Å². The summed E-state index contributed by atoms with van der Waals surface area (Å²) in [6.07, 6.45) is -0.286. The highest BCUT2D eigenvalue weighted by atomic mass is 35.5. The Kier molecular flexibility index (Phi) is 10.4. The van der Waals surface area contributed by atoms with Gasteiger partial charge in [-0.15, -0.1) is 0 Å². The SMILES string of the molecule is COC(=O)Nc1cc(Oc2ccc3c(c2)C[C@@H](N(C[C@H](O)c2cccc(Cl)c2)C(=O)OC(C)(C)C)CC3)cc(C(=O)OC)c1. The molecule has 0 bridgehead atoms. The third kappa shape index (κ3) is 8.64. The molecule has 0 unspecified atom stereocenters. The van der Waals surface area contributed by atoms with Crippen LogP contribution < -0.4 is 10.1 Å². The van der Waals surface area contributed by atoms with Crippen LogP contribution in [-0.4, -0.2) is 60.6 Å². The molecule has 4 rings (SSSR count). The predicted octanol–water partition coefficient (Wildman–Crippen LogP) is 6.93. The quantitative estimate of drug-likeness (QED) is 0.204. The van der Waals surface area contributed by atoms with E-state index in [9.17, 15) is 19.5 Å². The van der Waals surface area contributed by atoms with E-state index >= 15 is 0 Å². The fourth-order valence-corrected chi connectivity index (χ4v) is 5.21. The number of carbonyl (C=O) groups is 3. The van der Waals surface area contributed by atoms with Crippen LogP contribution >= 0.6 is 11.6 Å². The molecule has 11 heteroatoms. The smallest absolute Gasteiger partial charge is 0.411 e. The number of rotatable bonds is 8. The molecule has 44 heavy (non-hydrogen) atoms. The highest BCUT2D eigenvalue weighted by Crippen LogP contribution is 2.33. The lowest BCUT2D eigenvalue weighted by Gasteiger charge is -2.37. The summed E-state index contributed by atoms with van der Waals surface area (Å²) in [5.41, 5.74) is 2.45. The number of hydrogen-bond acceptors (Lipinski definition) is 8. The lowest BCUT2D eigenvalue weighted by atomic mass is 9.87. The summed E-state index contributed by atoms with van der Waals surface area (Å²) in [4.78, 5) is 39.1. The molecular weight excluding hydrogens is 588 g/mol. The highest BCUT2D eigenvalue weighted by molar-refractivity contribution is 6.30. The first-order valence-electron chi connectivity index (χ1n) is 14.2. The molecule has 0 spiro atoms. The summed E-state index contributed by atoms with van der Waals surface area (Å²) >= 11 is 6.15. The van der Waals surface area contributed by atoms with Crippen LogP contribution in [0.5, 0.6) is 11.5 Å². The van der Waals surface area contributed by atoms with E-state index < -0.39 is 29.9 Å². The minimum absolute atomic E-state index is 0.0295. The zero-order valence-electron chi connectivity index (χ0n) is 25.4. The molecular formula is C33H37ClN2O8. The first-order chi connectivity index (χ1) is 20.8. The number of nitrogens with one attached hydrogen (secondary N) is 1. The summed E-state index contributed by atoms with van der Waals surface area (Å²) in [6, 6.07) is 16.9. The Labute approximate surface area is 261 Å². The Morgan fingerprint density at radius 1 is 1.00 bits per heavy atom. The second-order valence-corrected chi connectivity index (χ2v) is 11.9. The minimum Gasteiger partial charge on any atom is -0.465 e. The Bertz CT molecular complexity index is 1520. The van der Waals surface area contributed by atoms with Crippen LogP contribution in [0.1, 0.15) is 60.3 Å². The number of aliphatic hydroxyl groups is 1. The molecule has 0 aromatic heterocycles. The second-order valence-electron chi connectivity index (χ2n) is 11.5. The first-order valence-corrected chi connectivity index (χ1v) is 14.5. The number of hydrogen-bond donors (Lipinski definition) is 2. The monoisotopic (exact) mass is 624 g/mol. The summed E-state index contributed by atoms with van der Waals surface area (Å²) in [6.45, 7) is 5.44. The van der Waals surface area contributed by atoms with Crippen molar-refractivity contribution in [1.29, 1.82) is 0 Å². The number of anilines is 1. The van der Waals surface area contributed by atoms with E-state index in [1.165, 1.54) is 26.4 Å². The van der Waals surface area contributed by atoms with Crippen LogP contribution in [0.15, 0.2) is 60.7 Å². The van der Waals surface area contributed by atoms with Crippen molar-refractivity contribution in [2.75, 3.05) is 26.1 Å². The van der Waals surface area contributed by atoms with Gasteiger partial charge in [0, 0.05) is 22.8 Å². The number of ether oxygens (including phenoxy) is 4. The van der Waals surface area contributed by atoms with Crippen LogP contribution in [0.25, 0.3) is 0 Å². The lowest BCUT2D eigenvalue weighted by molar-refractivity contribution is 0.00194. The van der Waals surface area contributed by atoms with Gasteiger partial charge in [0.1, 0.15) is 17.1 Å². The highest BCUT2D eigenvalue weighted by Gasteiger charge is 2.33. The lowest BCUT2D eigenvalue weighted by Crippen LogP contribution is -2.47. The summed E-state index contributed by atoms with van der Waals surface area (Å²) < 4.78 is 21.4. The Morgan fingerprint density at radius 3 is 2.45 bits per heavy atom. The molecule has 234 valence electrons. The van der Waals surface area contributed by atoms with Crippen molar-refractivity contribution < 1.29 is 38.4 Å². The van der Waals surface area contributed by atoms with Crippen molar-refractivity contribution in [3.05, 3.63) is 87.9 Å². The van der Waals surface area contributed by atoms with Crippen molar-refractivity contribution >= 4 is 35.4 Å². The number of benzene rings is 3. The number of nitrogens with zero attached hydrogens (tertiary/aromatic N) is 1. The molecule has 2 amide bonds. The Hall–Kier alpha value is -4.28. The number of halogens is 1. The van der Waals surface area contributed by atoms with Gasteiger partial charge in [0.25, 0.3) is 0 Å². The molecule has 2 N–H and O–H groups in total. The molecule has 0 fully saturated rings. The summed E-state index contributed by atoms with van der Waals surface area (Å²) in [7, 11) is 2.50. The number of fused-ring (bicyclic) bond motifs is 1. The number of carbonyl (C=O) groups excluding carboxylic acids is 3. The third-order valence-corrected chi connectivity index (χ3v) is 7.28. The number of aryl methyl sites for hydroxylation is 1. The maximum absolute atomic E-state index is 13.4. The number of esters is 1. The first kappa shape index (κ1) is 32.6. The van der Waals surface area contributed by atoms with Gasteiger partial charge in [-0.3, -0.25) is 5.32 Å². The van der Waals surface area contributed by atoms with Crippen molar-refractivity contribution in [2.45, 2.75) is 57.8 Å². The molecule has 3 aromatic carbocycles. The fraction of sp³-hybridized carbons (Fsp3) is 0.364. The molecule has 10 nitrogen and oxygen atoms in total. The number of methoxy groups -OCH3 is 2. The molecule has 0 heterocycles. The molecule has 0 saturated carbocycles. The van der Waals surface area contributed by atoms with E-state index in [2.05, 4.69) is 10.1 Å². The van der Waals surface area contributed by atoms with Gasteiger partial charge in [-0.05, 0) is 93.1 Å². The molecule has 2 atom stereocenters. The minimum atomic E-state index is -0.966. The van der Waals surface area contributed by atoms with E-state index in [4.69, 9.17) is 25.8 Å². The van der Waals surface area contributed by atoms with E-state index in [0.29, 0.717) is 47.0 Å². The number of amides is 2. The zero-order valence-corrected chi connectivity index (χ0v) is 26.1. The molecule has 3 aromatic rings. The summed E-state index contributed by atoms with van der Waals surface area (Å²) in [5, 5.41) is 14.1. The normalized spacial score (nSPS) is 14.9. The van der Waals surface area contributed by atoms with Gasteiger partial charge in [0.05, 0.1) is 32.4 Å². The van der Waals surface area contributed by atoms with Crippen molar-refractivity contribution in [3.63, 3.8) is 0 Å². The standard InChI is InChI=1S/C33H37ClN2O8/c1-33(2,3)44-32(40)36(19-29(37)21-7-6-8-24(34)13-21)26-11-9-20-10-12-27(16-22(20)15-26)43-28-17-23(30(38)41-4)14-25(18-28)35-31(39)42-5/h6-8,10,12-14,16-18,26,29,37H,9,11,15,19H2,1-5H3,(H,35,39)/t26-,29-/m0/s1. The van der Waals surface area contributed by atoms with Crippen LogP contribution in [0.3, 0.4) is 0 Å². The third-order valence-electron chi connectivity index (χ3n) is 7.05. The van der Waals surface area contributed by atoms with E-state index in [1.54, 1.807) is 56.0 Å². The van der Waals surface area contributed by atoms with Crippen molar-refractivity contribution in [2.24, 2.45) is 0 Å². The van der Waals surface area contributed by atoms with Gasteiger partial charge in [-0.25, -0.2) is 14.4 Å². The van der Waals surface area contributed by atoms with Crippen LogP contribution in [0.2, 0.25) is 5.02 Å². The number of aliphatic hydroxyl groups excluding tert-OH is 1. The van der Waals surface area contributed by atoms with Gasteiger partial charge in [0.2, 0.25) is 0 Å². The second kappa shape index (κ2) is 14.0. The topological polar surface area (TPSA) is 124 Å². The maximum atomic E-state index is 13.4. The maximum Gasteiger partial charge on any atom is 0.411 e. The fourth-order valence-electron chi connectivity index (χ4n) is 5.01. The average Bonchev–Trinajstić information content (AvgIpc) is 2.97. The Balaban J connectivity index is 1.59. The average molecular weight is 625 g/mol. The van der Waals surface area contributed by atoms with Crippen LogP contribution in [-0.2, 0) is 27.1 Å². The molecule has 0 aliphatic heterocycles. The van der Waals surface area contributed by atoms with Crippen LogP contribution in [0.4, 0.5) is 15.3 Å². The van der Waals surface area contributed by atoms with Gasteiger partial charge in [-0.1, -0.05) is 29.8 Å². The predicted molar refractivity (Wildman–Crippen MR) is 165 cm³/mol. The molecule has 1 aliphatic rings. The van der Waals surface area contributed by atoms with E-state index in [0.717, 1.165) is 11.1 Å². The largest absolute Gasteiger partial charge is 0.465 e. The summed E-state index contributed by atoms with van der Waals surface area (Å²) in [5.74, 6) is 0.198. The van der Waals surface area contributed by atoms with Crippen molar-refractivity contribution in [3.8, 4) is 11.5 Å². The Morgan fingerprint density at radius 2 is 1.77 bits per heavy atom. The van der Waals surface area contributed by atoms with E-state index in [1.807, 2.05) is 18.2 Å². The molecule has 0 saturated heterocycles. The van der Waals surface area contributed by atoms with Gasteiger partial charge < -0.3 is 29.0 Å². The van der Waals surface area contributed by atoms with Gasteiger partial charge >= 0.3 is 18.2 Å². The van der Waals surface area contributed by atoms with Crippen LogP contribution in [0, 0.1) is 0 Å².